The monoisotopic (exact) mass is 406 g/mol. The third-order valence-electron chi connectivity index (χ3n) is 4.85. The van der Waals surface area contributed by atoms with Gasteiger partial charge in [0.05, 0.1) is 11.2 Å². The molecule has 0 unspecified atom stereocenters. The number of aromatic nitrogens is 4. The Morgan fingerprint density at radius 3 is 2.76 bits per heavy atom. The fraction of sp³-hybridized carbons (Fsp3) is 0.421. The molecule has 154 valence electrons. The number of nitrogens with one attached hydrogen (secondary N) is 1. The summed E-state index contributed by atoms with van der Waals surface area (Å²) in [5.74, 6) is 0.135. The standard InChI is InChI=1S/C19H21F3N6O/c1-12-10-15-17(14-7-3-4-8-16(14)29-19(20,21)22)24-25-18(28(15)26-12)23-13-6-5-9-27(2)11-13/h3-4,7-8,10,13H,5-6,9,11H2,1-2H3,(H,23,25)/t13-/m1/s1. The van der Waals surface area contributed by atoms with Crippen LogP contribution < -0.4 is 10.1 Å². The van der Waals surface area contributed by atoms with Gasteiger partial charge in [-0.05, 0) is 51.6 Å². The van der Waals surface area contributed by atoms with E-state index in [0.29, 0.717) is 17.2 Å². The van der Waals surface area contributed by atoms with E-state index in [-0.39, 0.29) is 23.0 Å². The lowest BCUT2D eigenvalue weighted by Crippen LogP contribution is -2.40. The Labute approximate surface area is 165 Å². The third-order valence-corrected chi connectivity index (χ3v) is 4.85. The largest absolute Gasteiger partial charge is 0.573 e. The van der Waals surface area contributed by atoms with E-state index < -0.39 is 6.36 Å². The molecule has 2 aromatic heterocycles. The molecular weight excluding hydrogens is 385 g/mol. The number of aryl methyl sites for hydroxylation is 1. The van der Waals surface area contributed by atoms with Gasteiger partial charge in [-0.25, -0.2) is 0 Å². The van der Waals surface area contributed by atoms with E-state index in [0.717, 1.165) is 25.9 Å². The number of piperidine rings is 1. The molecule has 1 aliphatic heterocycles. The molecular formula is C19H21F3N6O. The minimum Gasteiger partial charge on any atom is -0.405 e. The molecule has 1 saturated heterocycles. The van der Waals surface area contributed by atoms with Crippen LogP contribution in [0.3, 0.4) is 0 Å². The predicted octanol–water partition coefficient (Wildman–Crippen LogP) is 3.50. The number of nitrogens with zero attached hydrogens (tertiary/aromatic N) is 5. The number of ether oxygens (including phenoxy) is 1. The second-order valence-corrected chi connectivity index (χ2v) is 7.24. The number of anilines is 1. The Kier molecular flexibility index (Phi) is 5.03. The maximum absolute atomic E-state index is 12.8. The number of fused-ring (bicyclic) bond motifs is 1. The van der Waals surface area contributed by atoms with Crippen LogP contribution >= 0.6 is 0 Å². The van der Waals surface area contributed by atoms with E-state index in [9.17, 15) is 13.2 Å². The van der Waals surface area contributed by atoms with Crippen molar-refractivity contribution >= 4 is 11.5 Å². The molecule has 1 aliphatic rings. The van der Waals surface area contributed by atoms with Gasteiger partial charge in [-0.15, -0.1) is 23.4 Å². The first-order chi connectivity index (χ1) is 13.8. The summed E-state index contributed by atoms with van der Waals surface area (Å²) in [4.78, 5) is 2.24. The molecule has 3 aromatic rings. The lowest BCUT2D eigenvalue weighted by atomic mass is 10.1. The van der Waals surface area contributed by atoms with Crippen LogP contribution in [-0.4, -0.2) is 57.3 Å². The molecule has 1 atom stereocenters. The summed E-state index contributed by atoms with van der Waals surface area (Å²) in [5.41, 5.74) is 1.74. The normalized spacial score (nSPS) is 18.2. The molecule has 0 radical (unpaired) electrons. The fourth-order valence-corrected chi connectivity index (χ4v) is 3.65. The summed E-state index contributed by atoms with van der Waals surface area (Å²) in [6.07, 6.45) is -2.73. The Balaban J connectivity index is 1.75. The fourth-order valence-electron chi connectivity index (χ4n) is 3.65. The molecule has 3 heterocycles. The highest BCUT2D eigenvalue weighted by molar-refractivity contribution is 5.81. The van der Waals surface area contributed by atoms with Gasteiger partial charge in [0.2, 0.25) is 5.95 Å². The summed E-state index contributed by atoms with van der Waals surface area (Å²) in [6.45, 7) is 3.73. The Bertz CT molecular complexity index is 1020. The van der Waals surface area contributed by atoms with Crippen LogP contribution in [0.5, 0.6) is 5.75 Å². The average molecular weight is 406 g/mol. The highest BCUT2D eigenvalue weighted by Crippen LogP contribution is 2.35. The van der Waals surface area contributed by atoms with Crippen molar-refractivity contribution in [2.45, 2.75) is 32.2 Å². The van der Waals surface area contributed by atoms with Crippen LogP contribution in [0.25, 0.3) is 16.8 Å². The number of hydrogen-bond acceptors (Lipinski definition) is 6. The van der Waals surface area contributed by atoms with Crippen LogP contribution in [0.1, 0.15) is 18.5 Å². The SMILES string of the molecule is Cc1cc2c(-c3ccccc3OC(F)(F)F)nnc(N[C@@H]3CCCN(C)C3)n2n1. The average Bonchev–Trinajstić information content (AvgIpc) is 3.03. The first-order valence-corrected chi connectivity index (χ1v) is 9.33. The van der Waals surface area contributed by atoms with Gasteiger partial charge in [0.25, 0.3) is 0 Å². The van der Waals surface area contributed by atoms with Crippen LogP contribution in [0.15, 0.2) is 30.3 Å². The van der Waals surface area contributed by atoms with E-state index >= 15 is 0 Å². The number of rotatable bonds is 4. The summed E-state index contributed by atoms with van der Waals surface area (Å²) in [7, 11) is 2.06. The van der Waals surface area contributed by atoms with E-state index in [1.165, 1.54) is 18.2 Å². The molecule has 0 aliphatic carbocycles. The van der Waals surface area contributed by atoms with Gasteiger partial charge < -0.3 is 15.0 Å². The zero-order chi connectivity index (χ0) is 20.6. The van der Waals surface area contributed by atoms with Crippen molar-refractivity contribution in [2.24, 2.45) is 0 Å². The quantitative estimate of drug-likeness (QED) is 0.715. The van der Waals surface area contributed by atoms with Gasteiger partial charge in [-0.2, -0.15) is 9.61 Å². The van der Waals surface area contributed by atoms with Crippen molar-refractivity contribution in [1.29, 1.82) is 0 Å². The molecule has 1 N–H and O–H groups in total. The van der Waals surface area contributed by atoms with Crippen molar-refractivity contribution in [3.63, 3.8) is 0 Å². The van der Waals surface area contributed by atoms with Crippen LogP contribution in [-0.2, 0) is 0 Å². The van der Waals surface area contributed by atoms with E-state index in [4.69, 9.17) is 0 Å². The van der Waals surface area contributed by atoms with Gasteiger partial charge in [-0.1, -0.05) is 12.1 Å². The molecule has 0 saturated carbocycles. The predicted molar refractivity (Wildman–Crippen MR) is 102 cm³/mol. The maximum atomic E-state index is 12.8. The third kappa shape index (κ3) is 4.26. The number of likely N-dealkylation sites (N-methyl/N-ethyl adjacent to an activating group) is 1. The van der Waals surface area contributed by atoms with Crippen LogP contribution in [0.4, 0.5) is 19.1 Å². The van der Waals surface area contributed by atoms with Crippen LogP contribution in [0, 0.1) is 6.92 Å². The molecule has 0 bridgehead atoms. The minimum atomic E-state index is -4.80. The van der Waals surface area contributed by atoms with E-state index in [2.05, 4.69) is 37.3 Å². The zero-order valence-electron chi connectivity index (χ0n) is 16.1. The van der Waals surface area contributed by atoms with Crippen molar-refractivity contribution in [3.05, 3.63) is 36.0 Å². The molecule has 0 spiro atoms. The van der Waals surface area contributed by atoms with Gasteiger partial charge in [0.1, 0.15) is 11.4 Å². The molecule has 4 rings (SSSR count). The number of hydrogen-bond donors (Lipinski definition) is 1. The van der Waals surface area contributed by atoms with Crippen molar-refractivity contribution in [2.75, 3.05) is 25.5 Å². The topological polar surface area (TPSA) is 67.6 Å². The molecule has 1 fully saturated rings. The zero-order valence-corrected chi connectivity index (χ0v) is 16.1. The summed E-state index contributed by atoms with van der Waals surface area (Å²) < 4.78 is 44.2. The van der Waals surface area contributed by atoms with Crippen molar-refractivity contribution in [3.8, 4) is 17.0 Å². The van der Waals surface area contributed by atoms with Crippen LogP contribution in [0.2, 0.25) is 0 Å². The van der Waals surface area contributed by atoms with Gasteiger partial charge >= 0.3 is 6.36 Å². The van der Waals surface area contributed by atoms with E-state index in [1.807, 2.05) is 6.92 Å². The molecule has 1 aromatic carbocycles. The number of halogens is 3. The molecule has 0 amide bonds. The van der Waals surface area contributed by atoms with E-state index in [1.54, 1.807) is 16.6 Å². The highest BCUT2D eigenvalue weighted by atomic mass is 19.4. The maximum Gasteiger partial charge on any atom is 0.573 e. The van der Waals surface area contributed by atoms with Gasteiger partial charge in [0, 0.05) is 18.2 Å². The summed E-state index contributed by atoms with van der Waals surface area (Å²) >= 11 is 0. The first-order valence-electron chi connectivity index (χ1n) is 9.33. The molecule has 29 heavy (non-hydrogen) atoms. The summed E-state index contributed by atoms with van der Waals surface area (Å²) in [5, 5.41) is 16.3. The van der Waals surface area contributed by atoms with Gasteiger partial charge in [-0.3, -0.25) is 0 Å². The smallest absolute Gasteiger partial charge is 0.405 e. The second kappa shape index (κ2) is 7.51. The lowest BCUT2D eigenvalue weighted by Gasteiger charge is -2.30. The molecule has 10 heteroatoms. The lowest BCUT2D eigenvalue weighted by molar-refractivity contribution is -0.274. The number of alkyl halides is 3. The minimum absolute atomic E-state index is 0.197. The summed E-state index contributed by atoms with van der Waals surface area (Å²) in [6, 6.07) is 7.86. The number of likely N-dealkylation sites (tertiary alicyclic amines) is 1. The van der Waals surface area contributed by atoms with Gasteiger partial charge in [0.15, 0.2) is 0 Å². The van der Waals surface area contributed by atoms with Crippen molar-refractivity contribution < 1.29 is 17.9 Å². The Hall–Kier alpha value is -2.88. The first kappa shape index (κ1) is 19.4. The number of benzene rings is 1. The Morgan fingerprint density at radius 2 is 2.00 bits per heavy atom. The Morgan fingerprint density at radius 1 is 1.21 bits per heavy atom. The second-order valence-electron chi connectivity index (χ2n) is 7.24. The molecule has 7 nitrogen and oxygen atoms in total. The number of para-hydroxylation sites is 1. The van der Waals surface area contributed by atoms with Crippen molar-refractivity contribution in [1.82, 2.24) is 24.7 Å². The highest BCUT2D eigenvalue weighted by Gasteiger charge is 2.32.